The quantitative estimate of drug-likeness (QED) is 0.587. The zero-order chi connectivity index (χ0) is 18.8. The molecule has 1 amide bonds. The van der Waals surface area contributed by atoms with Crippen molar-refractivity contribution in [3.63, 3.8) is 0 Å². The van der Waals surface area contributed by atoms with Gasteiger partial charge >= 0.3 is 0 Å². The number of hydrogen-bond donors (Lipinski definition) is 1. The minimum absolute atomic E-state index is 0.0590. The molecule has 0 atom stereocenters. The molecule has 0 aliphatic rings. The first-order valence-electron chi connectivity index (χ1n) is 8.78. The van der Waals surface area contributed by atoms with E-state index < -0.39 is 0 Å². The van der Waals surface area contributed by atoms with Crippen LogP contribution in [0.1, 0.15) is 11.3 Å². The van der Waals surface area contributed by atoms with Gasteiger partial charge in [0.25, 0.3) is 5.56 Å². The van der Waals surface area contributed by atoms with Crippen LogP contribution < -0.4 is 10.9 Å². The second-order valence-corrected chi connectivity index (χ2v) is 6.41. The Kier molecular flexibility index (Phi) is 4.42. The number of rotatable bonds is 5. The SMILES string of the molecule is Cc1cc2c(=O)n(CC(=O)NCCc3ccccc3)c3cccnc3n2n1. The molecule has 0 spiro atoms. The van der Waals surface area contributed by atoms with Crippen LogP contribution in [-0.4, -0.2) is 31.6 Å². The number of hydrogen-bond acceptors (Lipinski definition) is 4. The van der Waals surface area contributed by atoms with Gasteiger partial charge in [0.2, 0.25) is 5.91 Å². The van der Waals surface area contributed by atoms with E-state index in [-0.39, 0.29) is 18.0 Å². The maximum Gasteiger partial charge on any atom is 0.277 e. The fourth-order valence-electron chi connectivity index (χ4n) is 3.17. The summed E-state index contributed by atoms with van der Waals surface area (Å²) in [7, 11) is 0. The number of carbonyl (C=O) groups excluding carboxylic acids is 1. The van der Waals surface area contributed by atoms with Crippen LogP contribution >= 0.6 is 0 Å². The summed E-state index contributed by atoms with van der Waals surface area (Å²) in [5, 5.41) is 7.23. The van der Waals surface area contributed by atoms with Crippen LogP contribution in [0.4, 0.5) is 0 Å². The molecule has 4 aromatic rings. The standard InChI is InChI=1S/C20H19N5O2/c1-14-12-17-20(27)24(16-8-5-10-22-19(16)25(17)23-14)13-18(26)21-11-9-15-6-3-2-4-7-15/h2-8,10,12H,9,11,13H2,1H3,(H,21,26). The van der Waals surface area contributed by atoms with Crippen molar-refractivity contribution < 1.29 is 4.79 Å². The molecule has 3 aromatic heterocycles. The third-order valence-electron chi connectivity index (χ3n) is 4.43. The lowest BCUT2D eigenvalue weighted by Gasteiger charge is -2.11. The summed E-state index contributed by atoms with van der Waals surface area (Å²) >= 11 is 0. The molecule has 4 rings (SSSR count). The first kappa shape index (κ1) is 17.0. The lowest BCUT2D eigenvalue weighted by atomic mass is 10.1. The zero-order valence-electron chi connectivity index (χ0n) is 14.9. The van der Waals surface area contributed by atoms with Crippen molar-refractivity contribution in [2.75, 3.05) is 6.54 Å². The molecule has 0 bridgehead atoms. The molecule has 0 aliphatic heterocycles. The largest absolute Gasteiger partial charge is 0.354 e. The lowest BCUT2D eigenvalue weighted by molar-refractivity contribution is -0.121. The van der Waals surface area contributed by atoms with E-state index in [1.54, 1.807) is 24.4 Å². The van der Waals surface area contributed by atoms with Gasteiger partial charge in [0.15, 0.2) is 5.65 Å². The fourth-order valence-corrected chi connectivity index (χ4v) is 3.17. The van der Waals surface area contributed by atoms with Gasteiger partial charge in [-0.2, -0.15) is 5.10 Å². The molecule has 0 aliphatic carbocycles. The topological polar surface area (TPSA) is 81.3 Å². The van der Waals surface area contributed by atoms with Crippen molar-refractivity contribution in [1.82, 2.24) is 24.5 Å². The maximum absolute atomic E-state index is 12.9. The van der Waals surface area contributed by atoms with Crippen LogP contribution in [0, 0.1) is 6.92 Å². The number of aryl methyl sites for hydroxylation is 1. The molecular weight excluding hydrogens is 342 g/mol. The average molecular weight is 361 g/mol. The molecule has 0 fully saturated rings. The highest BCUT2D eigenvalue weighted by Crippen LogP contribution is 2.12. The monoisotopic (exact) mass is 361 g/mol. The summed E-state index contributed by atoms with van der Waals surface area (Å²) in [6.07, 6.45) is 2.39. The Morgan fingerprint density at radius 2 is 1.93 bits per heavy atom. The molecule has 1 N–H and O–H groups in total. The van der Waals surface area contributed by atoms with Crippen LogP contribution in [0.5, 0.6) is 0 Å². The Morgan fingerprint density at radius 3 is 2.74 bits per heavy atom. The van der Waals surface area contributed by atoms with Crippen molar-refractivity contribution in [3.8, 4) is 0 Å². The number of nitrogens with one attached hydrogen (secondary N) is 1. The number of carbonyl (C=O) groups is 1. The molecule has 27 heavy (non-hydrogen) atoms. The molecule has 3 heterocycles. The highest BCUT2D eigenvalue weighted by atomic mass is 16.2. The number of nitrogens with zero attached hydrogens (tertiary/aromatic N) is 4. The Balaban J connectivity index is 1.60. The van der Waals surface area contributed by atoms with E-state index in [0.29, 0.717) is 23.2 Å². The molecule has 1 aromatic carbocycles. The molecule has 0 unspecified atom stereocenters. The summed E-state index contributed by atoms with van der Waals surface area (Å²) < 4.78 is 2.99. The molecule has 0 saturated carbocycles. The van der Waals surface area contributed by atoms with Crippen molar-refractivity contribution in [2.24, 2.45) is 0 Å². The molecule has 7 nitrogen and oxygen atoms in total. The van der Waals surface area contributed by atoms with E-state index in [9.17, 15) is 9.59 Å². The zero-order valence-corrected chi connectivity index (χ0v) is 14.9. The Bertz CT molecular complexity index is 1180. The van der Waals surface area contributed by atoms with Gasteiger partial charge in [0.1, 0.15) is 12.1 Å². The summed E-state index contributed by atoms with van der Waals surface area (Å²) in [4.78, 5) is 29.6. The molecular formula is C20H19N5O2. The lowest BCUT2D eigenvalue weighted by Crippen LogP contribution is -2.34. The van der Waals surface area contributed by atoms with E-state index in [4.69, 9.17) is 0 Å². The van der Waals surface area contributed by atoms with Crippen molar-refractivity contribution in [2.45, 2.75) is 19.9 Å². The Hall–Kier alpha value is -3.48. The van der Waals surface area contributed by atoms with Gasteiger partial charge in [0.05, 0.1) is 11.2 Å². The fraction of sp³-hybridized carbons (Fsp3) is 0.200. The van der Waals surface area contributed by atoms with Gasteiger partial charge < -0.3 is 5.32 Å². The smallest absolute Gasteiger partial charge is 0.277 e. The van der Waals surface area contributed by atoms with E-state index in [0.717, 1.165) is 17.7 Å². The van der Waals surface area contributed by atoms with Gasteiger partial charge in [-0.25, -0.2) is 9.50 Å². The highest BCUT2D eigenvalue weighted by Gasteiger charge is 2.15. The minimum Gasteiger partial charge on any atom is -0.354 e. The first-order chi connectivity index (χ1) is 13.1. The number of fused-ring (bicyclic) bond motifs is 3. The minimum atomic E-state index is -0.255. The summed E-state index contributed by atoms with van der Waals surface area (Å²) in [6, 6.07) is 15.2. The second-order valence-electron chi connectivity index (χ2n) is 6.41. The molecule has 136 valence electrons. The van der Waals surface area contributed by atoms with Gasteiger partial charge in [-0.1, -0.05) is 30.3 Å². The van der Waals surface area contributed by atoms with E-state index in [2.05, 4.69) is 15.4 Å². The summed E-state index contributed by atoms with van der Waals surface area (Å²) in [5.74, 6) is -0.209. The van der Waals surface area contributed by atoms with Crippen molar-refractivity contribution in [3.05, 3.63) is 76.3 Å². The predicted octanol–water partition coefficient (Wildman–Crippen LogP) is 1.71. The van der Waals surface area contributed by atoms with Crippen LogP contribution in [0.2, 0.25) is 0 Å². The van der Waals surface area contributed by atoms with Crippen LogP contribution in [0.15, 0.2) is 59.5 Å². The predicted molar refractivity (Wildman–Crippen MR) is 103 cm³/mol. The van der Waals surface area contributed by atoms with E-state index >= 15 is 0 Å². The molecule has 0 saturated heterocycles. The number of pyridine rings is 1. The van der Waals surface area contributed by atoms with Crippen molar-refractivity contribution in [1.29, 1.82) is 0 Å². The van der Waals surface area contributed by atoms with Gasteiger partial charge in [-0.15, -0.1) is 0 Å². The normalized spacial score (nSPS) is 11.1. The van der Waals surface area contributed by atoms with Gasteiger partial charge in [-0.05, 0) is 37.1 Å². The number of amides is 1. The van der Waals surface area contributed by atoms with E-state index in [1.165, 1.54) is 9.08 Å². The maximum atomic E-state index is 12.9. The first-order valence-corrected chi connectivity index (χ1v) is 8.78. The molecule has 7 heteroatoms. The Labute approximate surface area is 155 Å². The third kappa shape index (κ3) is 3.31. The average Bonchev–Trinajstić information content (AvgIpc) is 3.08. The van der Waals surface area contributed by atoms with Gasteiger partial charge in [-0.3, -0.25) is 14.2 Å². The number of aromatic nitrogens is 4. The summed E-state index contributed by atoms with van der Waals surface area (Å²) in [5.41, 5.74) is 3.17. The second kappa shape index (κ2) is 7.03. The van der Waals surface area contributed by atoms with Crippen LogP contribution in [-0.2, 0) is 17.8 Å². The van der Waals surface area contributed by atoms with Crippen LogP contribution in [0.3, 0.4) is 0 Å². The van der Waals surface area contributed by atoms with Gasteiger partial charge in [0, 0.05) is 12.7 Å². The van der Waals surface area contributed by atoms with Crippen LogP contribution in [0.25, 0.3) is 16.7 Å². The third-order valence-corrected chi connectivity index (χ3v) is 4.43. The van der Waals surface area contributed by atoms with E-state index in [1.807, 2.05) is 37.3 Å². The van der Waals surface area contributed by atoms with Crippen molar-refractivity contribution >= 4 is 22.6 Å². The summed E-state index contributed by atoms with van der Waals surface area (Å²) in [6.45, 7) is 2.28. The number of benzene rings is 1. The molecule has 0 radical (unpaired) electrons. The Morgan fingerprint density at radius 1 is 1.11 bits per heavy atom. The highest BCUT2D eigenvalue weighted by molar-refractivity contribution is 5.80.